The van der Waals surface area contributed by atoms with Crippen LogP contribution in [0.4, 0.5) is 23.7 Å². The predicted octanol–water partition coefficient (Wildman–Crippen LogP) is 2.53. The number of carbonyl (C=O) groups is 1. The molecule has 1 heterocycles. The molecule has 1 aliphatic rings. The van der Waals surface area contributed by atoms with Gasteiger partial charge in [-0.15, -0.1) is 0 Å². The quantitative estimate of drug-likeness (QED) is 0.833. The number of anilines is 1. The number of nitrogens with zero attached hydrogens (tertiary/aromatic N) is 1. The number of para-hydroxylation sites is 1. The molecule has 2 N–H and O–H groups in total. The smallest absolute Gasteiger partial charge is 0.322 e. The number of nitrogens with one attached hydrogen (secondary N) is 2. The summed E-state index contributed by atoms with van der Waals surface area (Å²) in [6.07, 6.45) is -4.49. The van der Waals surface area contributed by atoms with Gasteiger partial charge in [-0.05, 0) is 19.1 Å². The molecule has 4 nitrogen and oxygen atoms in total. The number of piperazine rings is 1. The van der Waals surface area contributed by atoms with Gasteiger partial charge in [-0.25, -0.2) is 4.79 Å². The monoisotopic (exact) mass is 287 g/mol. The van der Waals surface area contributed by atoms with E-state index in [1.807, 2.05) is 6.92 Å². The van der Waals surface area contributed by atoms with Gasteiger partial charge in [-0.2, -0.15) is 13.2 Å². The molecular formula is C13H16F3N3O. The largest absolute Gasteiger partial charge is 0.418 e. The molecule has 1 saturated heterocycles. The van der Waals surface area contributed by atoms with Crippen molar-refractivity contribution in [3.05, 3.63) is 29.8 Å². The zero-order valence-electron chi connectivity index (χ0n) is 11.0. The van der Waals surface area contributed by atoms with Crippen LogP contribution in [-0.4, -0.2) is 36.6 Å². The highest BCUT2D eigenvalue weighted by atomic mass is 19.4. The maximum atomic E-state index is 12.8. The molecule has 1 aromatic rings. The Morgan fingerprint density at radius 1 is 1.40 bits per heavy atom. The lowest BCUT2D eigenvalue weighted by molar-refractivity contribution is -0.136. The third-order valence-electron chi connectivity index (χ3n) is 3.13. The number of hydrogen-bond donors (Lipinski definition) is 2. The molecule has 20 heavy (non-hydrogen) atoms. The summed E-state index contributed by atoms with van der Waals surface area (Å²) in [7, 11) is 0. The second kappa shape index (κ2) is 5.70. The Kier molecular flexibility index (Phi) is 4.17. The summed E-state index contributed by atoms with van der Waals surface area (Å²) in [6, 6.07) is 4.60. The van der Waals surface area contributed by atoms with Crippen LogP contribution in [0, 0.1) is 0 Å². The lowest BCUT2D eigenvalue weighted by Crippen LogP contribution is -2.52. The van der Waals surface area contributed by atoms with Gasteiger partial charge in [0.1, 0.15) is 0 Å². The topological polar surface area (TPSA) is 44.4 Å². The van der Waals surface area contributed by atoms with E-state index in [0.29, 0.717) is 19.6 Å². The average Bonchev–Trinajstić information content (AvgIpc) is 2.38. The number of alkyl halides is 3. The first-order chi connectivity index (χ1) is 9.38. The Morgan fingerprint density at radius 3 is 2.75 bits per heavy atom. The summed E-state index contributed by atoms with van der Waals surface area (Å²) < 4.78 is 38.5. The molecule has 2 rings (SSSR count). The molecule has 110 valence electrons. The molecule has 0 saturated carbocycles. The molecule has 7 heteroatoms. The number of carbonyl (C=O) groups excluding carboxylic acids is 1. The van der Waals surface area contributed by atoms with Crippen molar-refractivity contribution in [2.24, 2.45) is 0 Å². The minimum absolute atomic E-state index is 0.132. The van der Waals surface area contributed by atoms with Crippen molar-refractivity contribution in [3.63, 3.8) is 0 Å². The highest BCUT2D eigenvalue weighted by molar-refractivity contribution is 5.90. The molecule has 0 radical (unpaired) electrons. The molecule has 1 aromatic carbocycles. The van der Waals surface area contributed by atoms with Crippen LogP contribution >= 0.6 is 0 Å². The van der Waals surface area contributed by atoms with E-state index in [2.05, 4.69) is 10.6 Å². The number of benzene rings is 1. The van der Waals surface area contributed by atoms with E-state index in [1.165, 1.54) is 23.1 Å². The number of rotatable bonds is 1. The van der Waals surface area contributed by atoms with Crippen molar-refractivity contribution in [1.82, 2.24) is 10.2 Å². The van der Waals surface area contributed by atoms with E-state index in [9.17, 15) is 18.0 Å². The Hall–Kier alpha value is -1.76. The van der Waals surface area contributed by atoms with Crippen LogP contribution in [0.5, 0.6) is 0 Å². The molecule has 0 aliphatic carbocycles. The Bertz CT molecular complexity index is 490. The molecule has 0 aromatic heterocycles. The lowest BCUT2D eigenvalue weighted by Gasteiger charge is -2.32. The van der Waals surface area contributed by atoms with E-state index >= 15 is 0 Å². The van der Waals surface area contributed by atoms with Crippen molar-refractivity contribution in [1.29, 1.82) is 0 Å². The molecule has 0 bridgehead atoms. The van der Waals surface area contributed by atoms with E-state index < -0.39 is 17.8 Å². The van der Waals surface area contributed by atoms with Crippen LogP contribution in [0.25, 0.3) is 0 Å². The average molecular weight is 287 g/mol. The number of halogens is 3. The van der Waals surface area contributed by atoms with E-state index in [4.69, 9.17) is 0 Å². The van der Waals surface area contributed by atoms with E-state index in [0.717, 1.165) is 6.07 Å². The van der Waals surface area contributed by atoms with Crippen LogP contribution in [0.2, 0.25) is 0 Å². The van der Waals surface area contributed by atoms with Crippen LogP contribution in [0.15, 0.2) is 24.3 Å². The molecule has 1 fully saturated rings. The van der Waals surface area contributed by atoms with Crippen molar-refractivity contribution in [3.8, 4) is 0 Å². The van der Waals surface area contributed by atoms with Crippen molar-refractivity contribution in [2.45, 2.75) is 19.1 Å². The minimum atomic E-state index is -4.49. The Balaban J connectivity index is 2.12. The van der Waals surface area contributed by atoms with Crippen LogP contribution in [-0.2, 0) is 6.18 Å². The maximum Gasteiger partial charge on any atom is 0.418 e. The number of hydrogen-bond acceptors (Lipinski definition) is 2. The molecule has 0 unspecified atom stereocenters. The fourth-order valence-corrected chi connectivity index (χ4v) is 2.15. The zero-order chi connectivity index (χ0) is 14.8. The lowest BCUT2D eigenvalue weighted by atomic mass is 10.1. The summed E-state index contributed by atoms with van der Waals surface area (Å²) in [5.74, 6) is 0. The van der Waals surface area contributed by atoms with Gasteiger partial charge in [0.05, 0.1) is 11.3 Å². The van der Waals surface area contributed by atoms with Gasteiger partial charge in [-0.1, -0.05) is 12.1 Å². The normalized spacial score (nSPS) is 19.8. The van der Waals surface area contributed by atoms with Crippen molar-refractivity contribution < 1.29 is 18.0 Å². The SMILES string of the molecule is C[C@H]1CN(C(=O)Nc2ccccc2C(F)(F)F)CCN1. The fraction of sp³-hybridized carbons (Fsp3) is 0.462. The first-order valence-corrected chi connectivity index (χ1v) is 6.33. The third-order valence-corrected chi connectivity index (χ3v) is 3.13. The Labute approximate surface area is 114 Å². The highest BCUT2D eigenvalue weighted by Gasteiger charge is 2.34. The van der Waals surface area contributed by atoms with E-state index in [1.54, 1.807) is 0 Å². The molecule has 1 atom stereocenters. The summed E-state index contributed by atoms with van der Waals surface area (Å²) in [5, 5.41) is 5.51. The van der Waals surface area contributed by atoms with Crippen LogP contribution in [0.3, 0.4) is 0 Å². The summed E-state index contributed by atoms with van der Waals surface area (Å²) >= 11 is 0. The predicted molar refractivity (Wildman–Crippen MR) is 69.5 cm³/mol. The number of urea groups is 1. The van der Waals surface area contributed by atoms with Gasteiger partial charge in [-0.3, -0.25) is 0 Å². The molecule has 1 aliphatic heterocycles. The van der Waals surface area contributed by atoms with Gasteiger partial charge >= 0.3 is 12.2 Å². The standard InChI is InChI=1S/C13H16F3N3O/c1-9-8-19(7-6-17-9)12(20)18-11-5-3-2-4-10(11)13(14,15)16/h2-5,9,17H,6-8H2,1H3,(H,18,20)/t9-/m0/s1. The van der Waals surface area contributed by atoms with Gasteiger partial charge in [0.15, 0.2) is 0 Å². The van der Waals surface area contributed by atoms with Crippen LogP contribution in [0.1, 0.15) is 12.5 Å². The summed E-state index contributed by atoms with van der Waals surface area (Å²) in [5.41, 5.74) is -1.05. The maximum absolute atomic E-state index is 12.8. The second-order valence-corrected chi connectivity index (χ2v) is 4.77. The Morgan fingerprint density at radius 2 is 2.10 bits per heavy atom. The molecule has 0 spiro atoms. The fourth-order valence-electron chi connectivity index (χ4n) is 2.15. The molecule has 2 amide bonds. The van der Waals surface area contributed by atoms with Gasteiger partial charge < -0.3 is 15.5 Å². The van der Waals surface area contributed by atoms with Crippen molar-refractivity contribution >= 4 is 11.7 Å². The van der Waals surface area contributed by atoms with Gasteiger partial charge in [0.2, 0.25) is 0 Å². The van der Waals surface area contributed by atoms with E-state index in [-0.39, 0.29) is 11.7 Å². The first-order valence-electron chi connectivity index (χ1n) is 6.33. The zero-order valence-corrected chi connectivity index (χ0v) is 11.0. The minimum Gasteiger partial charge on any atom is -0.322 e. The summed E-state index contributed by atoms with van der Waals surface area (Å²) in [6.45, 7) is 3.50. The van der Waals surface area contributed by atoms with Crippen LogP contribution < -0.4 is 10.6 Å². The summed E-state index contributed by atoms with van der Waals surface area (Å²) in [4.78, 5) is 13.5. The first kappa shape index (κ1) is 14.6. The number of amides is 2. The van der Waals surface area contributed by atoms with Crippen molar-refractivity contribution in [2.75, 3.05) is 25.0 Å². The molecular weight excluding hydrogens is 271 g/mol. The van der Waals surface area contributed by atoms with Gasteiger partial charge in [0, 0.05) is 25.7 Å². The van der Waals surface area contributed by atoms with Gasteiger partial charge in [0.25, 0.3) is 0 Å². The second-order valence-electron chi connectivity index (χ2n) is 4.77. The third kappa shape index (κ3) is 3.41. The highest BCUT2D eigenvalue weighted by Crippen LogP contribution is 2.34.